The Morgan fingerprint density at radius 2 is 2.38 bits per heavy atom. The second-order valence-corrected chi connectivity index (χ2v) is 3.99. The summed E-state index contributed by atoms with van der Waals surface area (Å²) >= 11 is 3.36. The van der Waals surface area contributed by atoms with Crippen molar-refractivity contribution in [3.05, 3.63) is 28.2 Å². The number of benzene rings is 1. The van der Waals surface area contributed by atoms with Crippen LogP contribution in [0.3, 0.4) is 0 Å². The first-order valence-corrected chi connectivity index (χ1v) is 5.59. The van der Waals surface area contributed by atoms with Crippen molar-refractivity contribution in [3.8, 4) is 11.8 Å². The SMILES string of the molecule is COc1ccc(C(C#N)NCCO)cc1Br. The van der Waals surface area contributed by atoms with Crippen LogP contribution in [-0.4, -0.2) is 25.4 Å². The van der Waals surface area contributed by atoms with Crippen LogP contribution < -0.4 is 10.1 Å². The van der Waals surface area contributed by atoms with Gasteiger partial charge in [0.05, 0.1) is 24.3 Å². The molecule has 0 bridgehead atoms. The Labute approximate surface area is 103 Å². The molecule has 1 unspecified atom stereocenters. The highest BCUT2D eigenvalue weighted by molar-refractivity contribution is 9.10. The molecule has 86 valence electrons. The number of nitriles is 1. The minimum Gasteiger partial charge on any atom is -0.496 e. The van der Waals surface area contributed by atoms with Gasteiger partial charge in [-0.05, 0) is 33.6 Å². The lowest BCUT2D eigenvalue weighted by Crippen LogP contribution is -2.23. The summed E-state index contributed by atoms with van der Waals surface area (Å²) < 4.78 is 5.91. The summed E-state index contributed by atoms with van der Waals surface area (Å²) in [5.41, 5.74) is 0.837. The predicted octanol–water partition coefficient (Wildman–Crippen LogP) is 1.60. The fourth-order valence-electron chi connectivity index (χ4n) is 1.31. The van der Waals surface area contributed by atoms with E-state index in [2.05, 4.69) is 27.3 Å². The maximum absolute atomic E-state index is 8.98. The molecular formula is C11H13BrN2O2. The molecule has 0 amide bonds. The highest BCUT2D eigenvalue weighted by atomic mass is 79.9. The minimum absolute atomic E-state index is 0.00943. The summed E-state index contributed by atoms with van der Waals surface area (Å²) in [4.78, 5) is 0. The zero-order chi connectivity index (χ0) is 12.0. The Morgan fingerprint density at radius 3 is 2.88 bits per heavy atom. The maximum atomic E-state index is 8.98. The molecule has 16 heavy (non-hydrogen) atoms. The van der Waals surface area contributed by atoms with Gasteiger partial charge in [0, 0.05) is 6.54 Å². The highest BCUT2D eigenvalue weighted by Crippen LogP contribution is 2.27. The van der Waals surface area contributed by atoms with Crippen molar-refractivity contribution >= 4 is 15.9 Å². The second-order valence-electron chi connectivity index (χ2n) is 3.13. The molecule has 0 radical (unpaired) electrons. The molecule has 2 N–H and O–H groups in total. The van der Waals surface area contributed by atoms with Gasteiger partial charge in [0.2, 0.25) is 0 Å². The number of nitrogens with zero attached hydrogens (tertiary/aromatic N) is 1. The average Bonchev–Trinajstić information content (AvgIpc) is 2.30. The number of methoxy groups -OCH3 is 1. The maximum Gasteiger partial charge on any atom is 0.133 e. The van der Waals surface area contributed by atoms with E-state index in [1.165, 1.54) is 0 Å². The topological polar surface area (TPSA) is 65.3 Å². The van der Waals surface area contributed by atoms with Crippen molar-refractivity contribution in [2.45, 2.75) is 6.04 Å². The molecule has 0 heterocycles. The van der Waals surface area contributed by atoms with E-state index in [0.717, 1.165) is 15.8 Å². The molecule has 0 aliphatic carbocycles. The van der Waals surface area contributed by atoms with Crippen molar-refractivity contribution < 1.29 is 9.84 Å². The average molecular weight is 285 g/mol. The van der Waals surface area contributed by atoms with Crippen LogP contribution in [0.25, 0.3) is 0 Å². The molecule has 1 atom stereocenters. The van der Waals surface area contributed by atoms with Gasteiger partial charge in [-0.1, -0.05) is 6.07 Å². The van der Waals surface area contributed by atoms with Gasteiger partial charge >= 0.3 is 0 Å². The third-order valence-corrected chi connectivity index (χ3v) is 2.72. The van der Waals surface area contributed by atoms with Gasteiger partial charge in [-0.3, -0.25) is 5.32 Å². The summed E-state index contributed by atoms with van der Waals surface area (Å²) in [5, 5.41) is 20.6. The van der Waals surface area contributed by atoms with E-state index in [1.807, 2.05) is 12.1 Å². The minimum atomic E-state index is -0.422. The van der Waals surface area contributed by atoms with Crippen LogP contribution in [0.5, 0.6) is 5.75 Å². The number of hydrogen-bond acceptors (Lipinski definition) is 4. The van der Waals surface area contributed by atoms with Gasteiger partial charge in [-0.15, -0.1) is 0 Å². The number of hydrogen-bond donors (Lipinski definition) is 2. The van der Waals surface area contributed by atoms with Crippen molar-refractivity contribution in [2.24, 2.45) is 0 Å². The Kier molecular flexibility index (Phi) is 5.26. The van der Waals surface area contributed by atoms with Crippen LogP contribution in [0.15, 0.2) is 22.7 Å². The lowest BCUT2D eigenvalue weighted by molar-refractivity contribution is 0.289. The van der Waals surface area contributed by atoms with Gasteiger partial charge in [-0.2, -0.15) is 5.26 Å². The van der Waals surface area contributed by atoms with Crippen molar-refractivity contribution in [1.82, 2.24) is 5.32 Å². The molecule has 5 heteroatoms. The fourth-order valence-corrected chi connectivity index (χ4v) is 1.87. The van der Waals surface area contributed by atoms with E-state index >= 15 is 0 Å². The van der Waals surface area contributed by atoms with Crippen LogP contribution in [0.2, 0.25) is 0 Å². The molecule has 4 nitrogen and oxygen atoms in total. The number of rotatable bonds is 5. The third kappa shape index (κ3) is 3.20. The highest BCUT2D eigenvalue weighted by Gasteiger charge is 2.11. The summed E-state index contributed by atoms with van der Waals surface area (Å²) in [5.74, 6) is 0.725. The van der Waals surface area contributed by atoms with E-state index in [4.69, 9.17) is 15.1 Å². The quantitative estimate of drug-likeness (QED) is 0.862. The summed E-state index contributed by atoms with van der Waals surface area (Å²) in [6.07, 6.45) is 0. The largest absolute Gasteiger partial charge is 0.496 e. The van der Waals surface area contributed by atoms with E-state index < -0.39 is 6.04 Å². The first-order chi connectivity index (χ1) is 7.72. The number of aliphatic hydroxyl groups is 1. The zero-order valence-electron chi connectivity index (χ0n) is 8.90. The van der Waals surface area contributed by atoms with Gasteiger partial charge in [0.15, 0.2) is 0 Å². The molecule has 0 aliphatic heterocycles. The van der Waals surface area contributed by atoms with Gasteiger partial charge in [0.1, 0.15) is 11.8 Å². The molecule has 1 aromatic rings. The van der Waals surface area contributed by atoms with E-state index in [1.54, 1.807) is 13.2 Å². The van der Waals surface area contributed by atoms with Crippen LogP contribution in [0, 0.1) is 11.3 Å². The molecule has 0 saturated carbocycles. The molecule has 0 aliphatic rings. The number of nitrogens with one attached hydrogen (secondary N) is 1. The predicted molar refractivity (Wildman–Crippen MR) is 64.1 cm³/mol. The van der Waals surface area contributed by atoms with E-state index in [9.17, 15) is 0 Å². The summed E-state index contributed by atoms with van der Waals surface area (Å²) in [6, 6.07) is 7.16. The Morgan fingerprint density at radius 1 is 1.62 bits per heavy atom. The normalized spacial score (nSPS) is 11.9. The Bertz CT molecular complexity index is 390. The van der Waals surface area contributed by atoms with Gasteiger partial charge < -0.3 is 9.84 Å². The Hall–Kier alpha value is -1.09. The first kappa shape index (κ1) is 13.0. The van der Waals surface area contributed by atoms with Gasteiger partial charge in [-0.25, -0.2) is 0 Å². The summed E-state index contributed by atoms with van der Waals surface area (Å²) in [6.45, 7) is 0.400. The lowest BCUT2D eigenvalue weighted by Gasteiger charge is -2.12. The lowest BCUT2D eigenvalue weighted by atomic mass is 10.1. The van der Waals surface area contributed by atoms with Crippen LogP contribution in [0.4, 0.5) is 0 Å². The molecule has 0 fully saturated rings. The van der Waals surface area contributed by atoms with Crippen LogP contribution >= 0.6 is 15.9 Å². The smallest absolute Gasteiger partial charge is 0.133 e. The second kappa shape index (κ2) is 6.48. The molecule has 0 spiro atoms. The third-order valence-electron chi connectivity index (χ3n) is 2.10. The fraction of sp³-hybridized carbons (Fsp3) is 0.364. The molecular weight excluding hydrogens is 272 g/mol. The van der Waals surface area contributed by atoms with Crippen LogP contribution in [-0.2, 0) is 0 Å². The van der Waals surface area contributed by atoms with Gasteiger partial charge in [0.25, 0.3) is 0 Å². The zero-order valence-corrected chi connectivity index (χ0v) is 10.5. The monoisotopic (exact) mass is 284 g/mol. The summed E-state index contributed by atoms with van der Waals surface area (Å²) in [7, 11) is 1.59. The molecule has 1 aromatic carbocycles. The number of ether oxygens (including phenoxy) is 1. The molecule has 0 saturated heterocycles. The van der Waals surface area contributed by atoms with Crippen LogP contribution in [0.1, 0.15) is 11.6 Å². The standard InChI is InChI=1S/C11H13BrN2O2/c1-16-11-3-2-8(6-9(11)12)10(7-13)14-4-5-15/h2-3,6,10,14-15H,4-5H2,1H3. The van der Waals surface area contributed by atoms with Crippen molar-refractivity contribution in [3.63, 3.8) is 0 Å². The number of halogens is 1. The van der Waals surface area contributed by atoms with Crippen molar-refractivity contribution in [2.75, 3.05) is 20.3 Å². The van der Waals surface area contributed by atoms with E-state index in [0.29, 0.717) is 6.54 Å². The Balaban J connectivity index is 2.86. The molecule has 1 rings (SSSR count). The molecule has 0 aromatic heterocycles. The van der Waals surface area contributed by atoms with Crippen molar-refractivity contribution in [1.29, 1.82) is 5.26 Å². The first-order valence-electron chi connectivity index (χ1n) is 4.80. The van der Waals surface area contributed by atoms with E-state index in [-0.39, 0.29) is 6.61 Å². The number of aliphatic hydroxyl groups excluding tert-OH is 1.